The monoisotopic (exact) mass is 552 g/mol. The van der Waals surface area contributed by atoms with Gasteiger partial charge >= 0.3 is 0 Å². The minimum absolute atomic E-state index is 0.0235. The number of nitrogens with one attached hydrogen (secondary N) is 1. The summed E-state index contributed by atoms with van der Waals surface area (Å²) in [6.45, 7) is 3.86. The Balaban J connectivity index is 1.61. The second-order valence-corrected chi connectivity index (χ2v) is 11.3. The van der Waals surface area contributed by atoms with Gasteiger partial charge in [-0.1, -0.05) is 18.2 Å². The van der Waals surface area contributed by atoms with Crippen molar-refractivity contribution in [3.05, 3.63) is 77.4 Å². The van der Waals surface area contributed by atoms with Crippen molar-refractivity contribution >= 4 is 21.6 Å². The van der Waals surface area contributed by atoms with Gasteiger partial charge in [-0.3, -0.25) is 9.10 Å². The summed E-state index contributed by atoms with van der Waals surface area (Å²) in [5.74, 6) is 0.866. The van der Waals surface area contributed by atoms with E-state index < -0.39 is 22.5 Å². The zero-order valence-electron chi connectivity index (χ0n) is 22.9. The number of anilines is 1. The first-order chi connectivity index (χ1) is 18.8. The van der Waals surface area contributed by atoms with E-state index in [1.807, 2.05) is 19.9 Å². The molecule has 208 valence electrons. The summed E-state index contributed by atoms with van der Waals surface area (Å²) in [7, 11) is -1.23. The number of hydrogen-bond donors (Lipinski definition) is 1. The molecule has 0 saturated carbocycles. The van der Waals surface area contributed by atoms with Crippen LogP contribution in [0.25, 0.3) is 0 Å². The van der Waals surface area contributed by atoms with Crippen LogP contribution in [0.5, 0.6) is 17.2 Å². The predicted octanol–water partition coefficient (Wildman–Crippen LogP) is 5.05. The SMILES string of the molecule is CCOc1ccc(N(CC(=O)NC(C)c2ccc3c(c2)CCCC3)S(=O)(=O)c2ccc(OC)c(OC)c2)cc1. The number of hydrogen-bond acceptors (Lipinski definition) is 6. The van der Waals surface area contributed by atoms with Crippen LogP contribution in [0.1, 0.15) is 49.4 Å². The number of ether oxygens (including phenoxy) is 3. The molecular weight excluding hydrogens is 516 g/mol. The summed E-state index contributed by atoms with van der Waals surface area (Å²) in [6.07, 6.45) is 4.50. The fourth-order valence-electron chi connectivity index (χ4n) is 4.82. The van der Waals surface area contributed by atoms with Gasteiger partial charge in [0.1, 0.15) is 12.3 Å². The molecule has 3 aromatic carbocycles. The van der Waals surface area contributed by atoms with E-state index >= 15 is 0 Å². The average Bonchev–Trinajstić information content (AvgIpc) is 2.95. The topological polar surface area (TPSA) is 94.2 Å². The standard InChI is InChI=1S/C30H36N2O6S/c1-5-38-26-14-12-25(13-15-26)32(39(34,35)27-16-17-28(36-3)29(19-27)37-4)20-30(33)31-21(2)23-11-10-22-8-6-7-9-24(22)18-23/h10-19,21H,5-9,20H2,1-4H3,(H,31,33). The van der Waals surface area contributed by atoms with Gasteiger partial charge in [-0.2, -0.15) is 0 Å². The van der Waals surface area contributed by atoms with E-state index in [1.165, 1.54) is 56.4 Å². The molecule has 1 N–H and O–H groups in total. The number of fused-ring (bicyclic) bond motifs is 1. The highest BCUT2D eigenvalue weighted by molar-refractivity contribution is 7.92. The normalized spacial score (nSPS) is 13.6. The second kappa shape index (κ2) is 12.4. The number of methoxy groups -OCH3 is 2. The number of sulfonamides is 1. The summed E-state index contributed by atoms with van der Waals surface area (Å²) in [4.78, 5) is 13.3. The van der Waals surface area contributed by atoms with Gasteiger partial charge in [0.05, 0.1) is 37.5 Å². The Morgan fingerprint density at radius 2 is 1.62 bits per heavy atom. The first kappa shape index (κ1) is 28.3. The number of rotatable bonds is 11. The molecule has 0 saturated heterocycles. The molecule has 1 amide bonds. The van der Waals surface area contributed by atoms with Crippen LogP contribution in [0.4, 0.5) is 5.69 Å². The Morgan fingerprint density at radius 1 is 0.923 bits per heavy atom. The van der Waals surface area contributed by atoms with Crippen LogP contribution in [0.2, 0.25) is 0 Å². The highest BCUT2D eigenvalue weighted by atomic mass is 32.2. The molecule has 1 aliphatic rings. The average molecular weight is 553 g/mol. The summed E-state index contributed by atoms with van der Waals surface area (Å²) in [5.41, 5.74) is 4.03. The maximum atomic E-state index is 13.9. The van der Waals surface area contributed by atoms with E-state index in [2.05, 4.69) is 17.4 Å². The van der Waals surface area contributed by atoms with Crippen molar-refractivity contribution in [2.45, 2.75) is 50.5 Å². The third kappa shape index (κ3) is 6.47. The predicted molar refractivity (Wildman–Crippen MR) is 151 cm³/mol. The second-order valence-electron chi connectivity index (χ2n) is 9.48. The van der Waals surface area contributed by atoms with E-state index in [9.17, 15) is 13.2 Å². The van der Waals surface area contributed by atoms with Crippen LogP contribution in [-0.2, 0) is 27.7 Å². The Hall–Kier alpha value is -3.72. The highest BCUT2D eigenvalue weighted by Crippen LogP contribution is 2.33. The van der Waals surface area contributed by atoms with Gasteiger partial charge in [-0.15, -0.1) is 0 Å². The smallest absolute Gasteiger partial charge is 0.264 e. The summed E-state index contributed by atoms with van der Waals surface area (Å²) >= 11 is 0. The van der Waals surface area contributed by atoms with E-state index in [0.29, 0.717) is 23.8 Å². The molecule has 0 aromatic heterocycles. The van der Waals surface area contributed by atoms with Gasteiger partial charge in [-0.05, 0) is 92.6 Å². The number of carbonyl (C=O) groups excluding carboxylic acids is 1. The lowest BCUT2D eigenvalue weighted by Gasteiger charge is -2.26. The molecule has 0 spiro atoms. The van der Waals surface area contributed by atoms with Gasteiger partial charge in [0.15, 0.2) is 11.5 Å². The van der Waals surface area contributed by atoms with Gasteiger partial charge in [0, 0.05) is 6.07 Å². The number of nitrogens with zero attached hydrogens (tertiary/aromatic N) is 1. The Kier molecular flexibility index (Phi) is 9.01. The van der Waals surface area contributed by atoms with Crippen LogP contribution in [-0.4, -0.2) is 41.7 Å². The molecule has 1 aliphatic carbocycles. The molecule has 0 heterocycles. The molecular formula is C30H36N2O6S. The van der Waals surface area contributed by atoms with Crippen LogP contribution >= 0.6 is 0 Å². The molecule has 8 nitrogen and oxygen atoms in total. The Bertz CT molecular complexity index is 1410. The van der Waals surface area contributed by atoms with Gasteiger partial charge in [0.2, 0.25) is 5.91 Å². The lowest BCUT2D eigenvalue weighted by Crippen LogP contribution is -2.41. The Labute approximate surface area is 230 Å². The van der Waals surface area contributed by atoms with E-state index in [1.54, 1.807) is 24.3 Å². The van der Waals surface area contributed by atoms with Crippen molar-refractivity contribution in [2.24, 2.45) is 0 Å². The van der Waals surface area contributed by atoms with Crippen molar-refractivity contribution in [3.8, 4) is 17.2 Å². The fraction of sp³-hybridized carbons (Fsp3) is 0.367. The van der Waals surface area contributed by atoms with Crippen molar-refractivity contribution in [3.63, 3.8) is 0 Å². The molecule has 3 aromatic rings. The molecule has 9 heteroatoms. The third-order valence-corrected chi connectivity index (χ3v) is 8.69. The van der Waals surface area contributed by atoms with Gasteiger partial charge in [0.25, 0.3) is 10.0 Å². The van der Waals surface area contributed by atoms with E-state index in [4.69, 9.17) is 14.2 Å². The molecule has 0 radical (unpaired) electrons. The highest BCUT2D eigenvalue weighted by Gasteiger charge is 2.29. The molecule has 0 aliphatic heterocycles. The largest absolute Gasteiger partial charge is 0.494 e. The number of carbonyl (C=O) groups is 1. The number of benzene rings is 3. The molecule has 4 rings (SSSR count). The maximum Gasteiger partial charge on any atom is 0.264 e. The Morgan fingerprint density at radius 3 is 2.28 bits per heavy atom. The van der Waals surface area contributed by atoms with Crippen molar-refractivity contribution in [1.29, 1.82) is 0 Å². The van der Waals surface area contributed by atoms with E-state index in [0.717, 1.165) is 22.7 Å². The molecule has 0 fully saturated rings. The van der Waals surface area contributed by atoms with Crippen LogP contribution in [0, 0.1) is 0 Å². The first-order valence-electron chi connectivity index (χ1n) is 13.2. The lowest BCUT2D eigenvalue weighted by molar-refractivity contribution is -0.120. The molecule has 0 bridgehead atoms. The lowest BCUT2D eigenvalue weighted by atomic mass is 9.89. The molecule has 1 atom stereocenters. The van der Waals surface area contributed by atoms with Crippen LogP contribution in [0.3, 0.4) is 0 Å². The van der Waals surface area contributed by atoms with Crippen LogP contribution in [0.15, 0.2) is 65.6 Å². The first-order valence-corrected chi connectivity index (χ1v) is 14.6. The summed E-state index contributed by atoms with van der Waals surface area (Å²) in [6, 6.07) is 17.0. The fourth-order valence-corrected chi connectivity index (χ4v) is 6.26. The minimum atomic E-state index is -4.15. The van der Waals surface area contributed by atoms with E-state index in [-0.39, 0.29) is 16.7 Å². The van der Waals surface area contributed by atoms with Crippen molar-refractivity contribution in [2.75, 3.05) is 31.7 Å². The zero-order chi connectivity index (χ0) is 28.0. The third-order valence-electron chi connectivity index (χ3n) is 6.92. The molecule has 1 unspecified atom stereocenters. The van der Waals surface area contributed by atoms with Crippen molar-refractivity contribution in [1.82, 2.24) is 5.32 Å². The van der Waals surface area contributed by atoms with Crippen molar-refractivity contribution < 1.29 is 27.4 Å². The van der Waals surface area contributed by atoms with Crippen LogP contribution < -0.4 is 23.8 Å². The number of amides is 1. The summed E-state index contributed by atoms with van der Waals surface area (Å²) in [5, 5.41) is 2.98. The quantitative estimate of drug-likeness (QED) is 0.358. The molecule has 39 heavy (non-hydrogen) atoms. The number of aryl methyl sites for hydroxylation is 2. The minimum Gasteiger partial charge on any atom is -0.494 e. The summed E-state index contributed by atoms with van der Waals surface area (Å²) < 4.78 is 44.9. The van der Waals surface area contributed by atoms with Gasteiger partial charge in [-0.25, -0.2) is 8.42 Å². The zero-order valence-corrected chi connectivity index (χ0v) is 23.7. The van der Waals surface area contributed by atoms with Gasteiger partial charge < -0.3 is 19.5 Å². The maximum absolute atomic E-state index is 13.9.